The van der Waals surface area contributed by atoms with Crippen molar-refractivity contribution >= 4 is 11.1 Å². The van der Waals surface area contributed by atoms with Crippen molar-refractivity contribution in [3.63, 3.8) is 0 Å². The summed E-state index contributed by atoms with van der Waals surface area (Å²) in [5.41, 5.74) is 5.56. The van der Waals surface area contributed by atoms with Gasteiger partial charge in [0, 0.05) is 37.2 Å². The zero-order valence-corrected chi connectivity index (χ0v) is 20.6. The second kappa shape index (κ2) is 9.76. The molecule has 6 rings (SSSR count). The molecule has 1 aliphatic rings. The fraction of sp³-hybridized carbons (Fsp3) is 0.250. The van der Waals surface area contributed by atoms with Crippen LogP contribution in [-0.2, 0) is 18.3 Å². The Balaban J connectivity index is 1.34. The molecule has 0 aliphatic carbocycles. The number of benzene rings is 3. The number of hydrogen-bond acceptors (Lipinski definition) is 7. The lowest BCUT2D eigenvalue weighted by atomic mass is 9.97. The number of fused-ring (bicyclic) bond motifs is 1. The molecule has 1 saturated heterocycles. The van der Waals surface area contributed by atoms with Gasteiger partial charge in [-0.25, -0.2) is 9.37 Å². The van der Waals surface area contributed by atoms with Gasteiger partial charge >= 0.3 is 0 Å². The van der Waals surface area contributed by atoms with Gasteiger partial charge in [-0.15, -0.1) is 10.2 Å². The summed E-state index contributed by atoms with van der Waals surface area (Å²) >= 11 is 0. The zero-order chi connectivity index (χ0) is 25.4. The molecule has 5 aromatic rings. The molecule has 0 bridgehead atoms. The Morgan fingerprint density at radius 3 is 2.70 bits per heavy atom. The Morgan fingerprint density at radius 1 is 1.08 bits per heavy atom. The van der Waals surface area contributed by atoms with Gasteiger partial charge in [0.25, 0.3) is 0 Å². The van der Waals surface area contributed by atoms with Gasteiger partial charge in [0.2, 0.25) is 5.89 Å². The molecule has 37 heavy (non-hydrogen) atoms. The molecule has 0 amide bonds. The van der Waals surface area contributed by atoms with Gasteiger partial charge in [0.15, 0.2) is 17.2 Å². The molecule has 8 nitrogen and oxygen atoms in total. The van der Waals surface area contributed by atoms with Crippen LogP contribution in [0.2, 0.25) is 0 Å². The first-order valence-corrected chi connectivity index (χ1v) is 12.1. The van der Waals surface area contributed by atoms with Crippen LogP contribution in [-0.4, -0.2) is 46.6 Å². The number of methoxy groups -OCH3 is 1. The molecular formula is C28H26FN5O3. The van der Waals surface area contributed by atoms with Crippen LogP contribution in [0.15, 0.2) is 65.3 Å². The van der Waals surface area contributed by atoms with Crippen molar-refractivity contribution in [2.45, 2.75) is 6.54 Å². The Kier molecular flexibility index (Phi) is 6.15. The first-order chi connectivity index (χ1) is 18.1. The van der Waals surface area contributed by atoms with Crippen LogP contribution in [0.3, 0.4) is 0 Å². The van der Waals surface area contributed by atoms with E-state index in [4.69, 9.17) is 18.9 Å². The average molecular weight is 500 g/mol. The van der Waals surface area contributed by atoms with Crippen LogP contribution in [0.1, 0.15) is 5.56 Å². The Bertz CT molecular complexity index is 1570. The summed E-state index contributed by atoms with van der Waals surface area (Å²) in [6.07, 6.45) is 1.59. The molecule has 0 radical (unpaired) electrons. The minimum absolute atomic E-state index is 0.338. The predicted molar refractivity (Wildman–Crippen MR) is 137 cm³/mol. The number of nitrogens with zero attached hydrogens (tertiary/aromatic N) is 4. The fourth-order valence-corrected chi connectivity index (χ4v) is 4.56. The number of nitrogens with one attached hydrogen (secondary N) is 1. The van der Waals surface area contributed by atoms with E-state index in [9.17, 15) is 4.39 Å². The summed E-state index contributed by atoms with van der Waals surface area (Å²) in [4.78, 5) is 4.78. The van der Waals surface area contributed by atoms with Crippen LogP contribution in [0, 0.1) is 11.7 Å². The summed E-state index contributed by atoms with van der Waals surface area (Å²) in [6, 6.07) is 16.5. The van der Waals surface area contributed by atoms with Crippen LogP contribution >= 0.6 is 0 Å². The van der Waals surface area contributed by atoms with Gasteiger partial charge in [-0.05, 0) is 53.1 Å². The van der Waals surface area contributed by atoms with Gasteiger partial charge < -0.3 is 23.8 Å². The predicted octanol–water partition coefficient (Wildman–Crippen LogP) is 4.84. The second-order valence-corrected chi connectivity index (χ2v) is 9.24. The highest BCUT2D eigenvalue weighted by molar-refractivity contribution is 5.85. The molecule has 9 heteroatoms. The highest BCUT2D eigenvalue weighted by Crippen LogP contribution is 2.36. The molecule has 0 spiro atoms. The molecular weight excluding hydrogens is 473 g/mol. The van der Waals surface area contributed by atoms with E-state index >= 15 is 0 Å². The van der Waals surface area contributed by atoms with E-state index in [0.717, 1.165) is 47.5 Å². The van der Waals surface area contributed by atoms with Gasteiger partial charge in [0.05, 0.1) is 20.3 Å². The number of aromatic nitrogens is 4. The number of hydrogen-bond donors (Lipinski definition) is 1. The number of rotatable bonds is 8. The first-order valence-electron chi connectivity index (χ1n) is 12.1. The first kappa shape index (κ1) is 23.3. The fourth-order valence-electron chi connectivity index (χ4n) is 4.56. The molecule has 0 saturated carbocycles. The highest BCUT2D eigenvalue weighted by atomic mass is 19.1. The van der Waals surface area contributed by atoms with Crippen LogP contribution in [0.25, 0.3) is 45.1 Å². The van der Waals surface area contributed by atoms with Gasteiger partial charge in [-0.3, -0.25) is 0 Å². The quantitative estimate of drug-likeness (QED) is 0.327. The maximum Gasteiger partial charge on any atom is 0.227 e. The number of halogens is 1. The second-order valence-electron chi connectivity index (χ2n) is 9.24. The molecule has 1 aliphatic heterocycles. The van der Waals surface area contributed by atoms with E-state index in [0.29, 0.717) is 41.1 Å². The smallest absolute Gasteiger partial charge is 0.227 e. The highest BCUT2D eigenvalue weighted by Gasteiger charge is 2.19. The van der Waals surface area contributed by atoms with Gasteiger partial charge in [-0.2, -0.15) is 0 Å². The van der Waals surface area contributed by atoms with Crippen molar-refractivity contribution in [2.24, 2.45) is 13.0 Å². The van der Waals surface area contributed by atoms with E-state index in [2.05, 4.69) is 15.5 Å². The van der Waals surface area contributed by atoms with Crippen molar-refractivity contribution in [2.75, 3.05) is 26.9 Å². The summed E-state index contributed by atoms with van der Waals surface area (Å²) in [5, 5.41) is 11.6. The minimum atomic E-state index is -0.338. The molecule has 188 valence electrons. The lowest BCUT2D eigenvalue weighted by Gasteiger charge is -2.26. The van der Waals surface area contributed by atoms with E-state index in [1.165, 1.54) is 12.1 Å². The average Bonchev–Trinajstić information content (AvgIpc) is 3.51. The van der Waals surface area contributed by atoms with Crippen molar-refractivity contribution in [1.29, 1.82) is 0 Å². The monoisotopic (exact) mass is 499 g/mol. The maximum absolute atomic E-state index is 14.2. The maximum atomic E-state index is 14.2. The number of ether oxygens (including phenoxy) is 2. The third-order valence-corrected chi connectivity index (χ3v) is 6.56. The summed E-state index contributed by atoms with van der Waals surface area (Å²) < 4.78 is 33.0. The van der Waals surface area contributed by atoms with Crippen molar-refractivity contribution in [1.82, 2.24) is 25.1 Å². The van der Waals surface area contributed by atoms with Crippen LogP contribution < -0.4 is 10.1 Å². The lowest BCUT2D eigenvalue weighted by Crippen LogP contribution is -2.36. The molecule has 2 aromatic heterocycles. The third-order valence-electron chi connectivity index (χ3n) is 6.56. The SMILES string of the molecule is COc1cc(CNCC2COC2)cc2nc(-c3cccc(-c4ccc(F)cc4-c4nncn4C)c3)oc12. The topological polar surface area (TPSA) is 87.2 Å². The normalized spacial score (nSPS) is 13.7. The van der Waals surface area contributed by atoms with Crippen LogP contribution in [0.4, 0.5) is 4.39 Å². The number of oxazole rings is 1. The Morgan fingerprint density at radius 2 is 1.95 bits per heavy atom. The summed E-state index contributed by atoms with van der Waals surface area (Å²) in [6.45, 7) is 3.25. The molecule has 3 heterocycles. The summed E-state index contributed by atoms with van der Waals surface area (Å²) in [5.74, 6) is 1.94. The van der Waals surface area contributed by atoms with E-state index in [-0.39, 0.29) is 5.82 Å². The Labute approximate surface area is 213 Å². The van der Waals surface area contributed by atoms with E-state index < -0.39 is 0 Å². The molecule has 1 N–H and O–H groups in total. The summed E-state index contributed by atoms with van der Waals surface area (Å²) in [7, 11) is 3.46. The van der Waals surface area contributed by atoms with Gasteiger partial charge in [-0.1, -0.05) is 18.2 Å². The van der Waals surface area contributed by atoms with Gasteiger partial charge in [0.1, 0.15) is 17.7 Å². The standard InChI is InChI=1S/C28H26FN5O3/c1-34-16-31-33-27(34)23-11-21(29)6-7-22(23)19-4-3-5-20(10-19)28-32-24-8-17(9-25(35-2)26(24)37-28)12-30-13-18-14-36-15-18/h3-11,16,18,30H,12-15H2,1-2H3. The largest absolute Gasteiger partial charge is 0.493 e. The lowest BCUT2D eigenvalue weighted by molar-refractivity contribution is -0.0307. The molecule has 0 unspecified atom stereocenters. The molecule has 1 fully saturated rings. The Hall–Kier alpha value is -4.08. The molecule has 3 aromatic carbocycles. The molecule has 0 atom stereocenters. The number of aryl methyl sites for hydroxylation is 1. The third kappa shape index (κ3) is 4.59. The van der Waals surface area contributed by atoms with Crippen molar-refractivity contribution in [3.8, 4) is 39.7 Å². The van der Waals surface area contributed by atoms with E-state index in [1.54, 1.807) is 24.1 Å². The van der Waals surface area contributed by atoms with Crippen molar-refractivity contribution < 1.29 is 18.3 Å². The van der Waals surface area contributed by atoms with Crippen molar-refractivity contribution in [3.05, 3.63) is 72.3 Å². The van der Waals surface area contributed by atoms with E-state index in [1.807, 2.05) is 43.4 Å². The minimum Gasteiger partial charge on any atom is -0.493 e. The van der Waals surface area contributed by atoms with Crippen LogP contribution in [0.5, 0.6) is 5.75 Å². The zero-order valence-electron chi connectivity index (χ0n) is 20.6.